The normalized spacial score (nSPS) is 22.9. The zero-order valence-electron chi connectivity index (χ0n) is 12.6. The minimum Gasteiger partial charge on any atom is -0.398 e. The second-order valence-electron chi connectivity index (χ2n) is 6.03. The maximum atomic E-state index is 12.0. The average Bonchev–Trinajstić information content (AvgIpc) is 2.72. The fraction of sp³-hybridized carbons (Fsp3) is 0.562. The van der Waals surface area contributed by atoms with Crippen molar-refractivity contribution in [2.75, 3.05) is 30.7 Å². The lowest BCUT2D eigenvalue weighted by Crippen LogP contribution is -2.26. The van der Waals surface area contributed by atoms with Crippen molar-refractivity contribution in [3.8, 4) is 0 Å². The number of benzene rings is 1. The van der Waals surface area contributed by atoms with Gasteiger partial charge in [0, 0.05) is 37.4 Å². The maximum Gasteiger partial charge on any atom is 0.225 e. The molecule has 1 fully saturated rings. The molecule has 2 rings (SSSR count). The number of hydrogen-bond acceptors (Lipinski definition) is 3. The van der Waals surface area contributed by atoms with Crippen LogP contribution < -0.4 is 11.1 Å². The summed E-state index contributed by atoms with van der Waals surface area (Å²) in [5.41, 5.74) is 8.31. The molecule has 0 saturated carbocycles. The Morgan fingerprint density at radius 3 is 2.65 bits per heavy atom. The van der Waals surface area contributed by atoms with Gasteiger partial charge in [0.2, 0.25) is 5.91 Å². The Hall–Kier alpha value is -1.55. The van der Waals surface area contributed by atoms with E-state index in [1.54, 1.807) is 0 Å². The summed E-state index contributed by atoms with van der Waals surface area (Å²) < 4.78 is 0. The Kier molecular flexibility index (Phi) is 4.65. The van der Waals surface area contributed by atoms with Crippen molar-refractivity contribution >= 4 is 17.3 Å². The third kappa shape index (κ3) is 3.51. The quantitative estimate of drug-likeness (QED) is 0.830. The molecular formula is C16H25N3O. The lowest BCUT2D eigenvalue weighted by Gasteiger charge is -2.15. The molecule has 1 aromatic carbocycles. The van der Waals surface area contributed by atoms with E-state index in [9.17, 15) is 4.79 Å². The third-order valence-corrected chi connectivity index (χ3v) is 4.37. The van der Waals surface area contributed by atoms with Crippen molar-refractivity contribution < 1.29 is 4.79 Å². The Labute approximate surface area is 121 Å². The van der Waals surface area contributed by atoms with E-state index < -0.39 is 0 Å². The summed E-state index contributed by atoms with van der Waals surface area (Å²) in [6.45, 7) is 9.52. The second kappa shape index (κ2) is 6.27. The molecule has 0 bridgehead atoms. The Balaban J connectivity index is 1.83. The molecule has 0 spiro atoms. The summed E-state index contributed by atoms with van der Waals surface area (Å²) in [4.78, 5) is 14.4. The van der Waals surface area contributed by atoms with Gasteiger partial charge in [-0.2, -0.15) is 0 Å². The lowest BCUT2D eigenvalue weighted by molar-refractivity contribution is -0.116. The number of nitrogen functional groups attached to an aromatic ring is 1. The van der Waals surface area contributed by atoms with Crippen LogP contribution in [0.2, 0.25) is 0 Å². The lowest BCUT2D eigenvalue weighted by atomic mass is 10.0. The SMILES string of the molecule is Cc1c(N)cccc1NC(=O)CCN1CC(C)C(C)C1. The summed E-state index contributed by atoms with van der Waals surface area (Å²) in [7, 11) is 0. The van der Waals surface area contributed by atoms with Crippen LogP contribution in [0.15, 0.2) is 18.2 Å². The first-order valence-corrected chi connectivity index (χ1v) is 7.34. The molecule has 1 heterocycles. The van der Waals surface area contributed by atoms with Gasteiger partial charge in [-0.25, -0.2) is 0 Å². The molecule has 110 valence electrons. The van der Waals surface area contributed by atoms with Crippen LogP contribution in [0.4, 0.5) is 11.4 Å². The van der Waals surface area contributed by atoms with Crippen molar-refractivity contribution in [3.63, 3.8) is 0 Å². The highest BCUT2D eigenvalue weighted by molar-refractivity contribution is 5.92. The number of nitrogens with one attached hydrogen (secondary N) is 1. The summed E-state index contributed by atoms with van der Waals surface area (Å²) in [6.07, 6.45) is 0.535. The number of rotatable bonds is 4. The molecule has 1 aromatic rings. The average molecular weight is 275 g/mol. The van der Waals surface area contributed by atoms with Crippen molar-refractivity contribution in [1.82, 2.24) is 4.90 Å². The molecule has 1 saturated heterocycles. The van der Waals surface area contributed by atoms with E-state index in [0.29, 0.717) is 12.1 Å². The molecule has 2 unspecified atom stereocenters. The first-order valence-electron chi connectivity index (χ1n) is 7.34. The van der Waals surface area contributed by atoms with Gasteiger partial charge in [0.25, 0.3) is 0 Å². The Morgan fingerprint density at radius 2 is 2.00 bits per heavy atom. The minimum absolute atomic E-state index is 0.0610. The first kappa shape index (κ1) is 14.9. The molecular weight excluding hydrogens is 250 g/mol. The minimum atomic E-state index is 0.0610. The van der Waals surface area contributed by atoms with E-state index in [1.165, 1.54) is 0 Å². The van der Waals surface area contributed by atoms with Gasteiger partial charge in [-0.05, 0) is 36.5 Å². The molecule has 1 aliphatic rings. The summed E-state index contributed by atoms with van der Waals surface area (Å²) in [5.74, 6) is 1.52. The van der Waals surface area contributed by atoms with Crippen molar-refractivity contribution in [3.05, 3.63) is 23.8 Å². The largest absolute Gasteiger partial charge is 0.398 e. The molecule has 1 amide bonds. The molecule has 2 atom stereocenters. The van der Waals surface area contributed by atoms with Crippen molar-refractivity contribution in [2.24, 2.45) is 11.8 Å². The van der Waals surface area contributed by atoms with Crippen LogP contribution in [-0.2, 0) is 4.79 Å². The summed E-state index contributed by atoms with van der Waals surface area (Å²) in [6, 6.07) is 5.60. The van der Waals surface area contributed by atoms with Crippen molar-refractivity contribution in [1.29, 1.82) is 0 Å². The number of amides is 1. The molecule has 0 aromatic heterocycles. The topological polar surface area (TPSA) is 58.4 Å². The van der Waals surface area contributed by atoms with Crippen LogP contribution in [0.1, 0.15) is 25.8 Å². The Morgan fingerprint density at radius 1 is 1.35 bits per heavy atom. The van der Waals surface area contributed by atoms with Crippen molar-refractivity contribution in [2.45, 2.75) is 27.2 Å². The monoisotopic (exact) mass is 275 g/mol. The van der Waals surface area contributed by atoms with Gasteiger partial charge in [-0.3, -0.25) is 4.79 Å². The highest BCUT2D eigenvalue weighted by Crippen LogP contribution is 2.23. The van der Waals surface area contributed by atoms with Gasteiger partial charge in [0.15, 0.2) is 0 Å². The number of likely N-dealkylation sites (tertiary alicyclic amines) is 1. The number of carbonyl (C=O) groups is 1. The smallest absolute Gasteiger partial charge is 0.225 e. The van der Waals surface area contributed by atoms with Crippen LogP contribution in [0.3, 0.4) is 0 Å². The standard InChI is InChI=1S/C16H25N3O/c1-11-9-19(10-12(11)2)8-7-16(20)18-15-6-4-5-14(17)13(15)3/h4-6,11-12H,7-10,17H2,1-3H3,(H,18,20). The predicted octanol–water partition coefficient (Wildman–Crippen LogP) is 2.49. The van der Waals surface area contributed by atoms with Crippen LogP contribution in [-0.4, -0.2) is 30.4 Å². The maximum absolute atomic E-state index is 12.0. The second-order valence-corrected chi connectivity index (χ2v) is 6.03. The van der Waals surface area contributed by atoms with Gasteiger partial charge in [0.05, 0.1) is 0 Å². The highest BCUT2D eigenvalue weighted by atomic mass is 16.1. The van der Waals surface area contributed by atoms with E-state index in [0.717, 1.165) is 42.7 Å². The molecule has 3 N–H and O–H groups in total. The van der Waals surface area contributed by atoms with Crippen LogP contribution in [0.25, 0.3) is 0 Å². The zero-order chi connectivity index (χ0) is 14.7. The third-order valence-electron chi connectivity index (χ3n) is 4.37. The molecule has 1 aliphatic heterocycles. The number of anilines is 2. The number of hydrogen-bond donors (Lipinski definition) is 2. The molecule has 20 heavy (non-hydrogen) atoms. The van der Waals surface area contributed by atoms with E-state index in [-0.39, 0.29) is 5.91 Å². The fourth-order valence-corrected chi connectivity index (χ4v) is 2.69. The number of carbonyl (C=O) groups excluding carboxylic acids is 1. The summed E-state index contributed by atoms with van der Waals surface area (Å²) in [5, 5.41) is 2.95. The van der Waals surface area contributed by atoms with E-state index >= 15 is 0 Å². The summed E-state index contributed by atoms with van der Waals surface area (Å²) >= 11 is 0. The van der Waals surface area contributed by atoms with Crippen LogP contribution in [0, 0.1) is 18.8 Å². The van der Waals surface area contributed by atoms with E-state index in [2.05, 4.69) is 24.1 Å². The predicted molar refractivity (Wildman–Crippen MR) is 83.6 cm³/mol. The van der Waals surface area contributed by atoms with E-state index in [4.69, 9.17) is 5.73 Å². The van der Waals surface area contributed by atoms with Gasteiger partial charge >= 0.3 is 0 Å². The van der Waals surface area contributed by atoms with Gasteiger partial charge in [0.1, 0.15) is 0 Å². The van der Waals surface area contributed by atoms with E-state index in [1.807, 2.05) is 25.1 Å². The number of nitrogens with two attached hydrogens (primary N) is 1. The fourth-order valence-electron chi connectivity index (χ4n) is 2.69. The van der Waals surface area contributed by atoms with Gasteiger partial charge in [-0.15, -0.1) is 0 Å². The van der Waals surface area contributed by atoms with Crippen LogP contribution >= 0.6 is 0 Å². The molecule has 4 heteroatoms. The van der Waals surface area contributed by atoms with Crippen LogP contribution in [0.5, 0.6) is 0 Å². The molecule has 0 aliphatic carbocycles. The highest BCUT2D eigenvalue weighted by Gasteiger charge is 2.25. The zero-order valence-corrected chi connectivity index (χ0v) is 12.6. The molecule has 0 radical (unpaired) electrons. The van der Waals surface area contributed by atoms with Gasteiger partial charge in [-0.1, -0.05) is 19.9 Å². The number of nitrogens with zero attached hydrogens (tertiary/aromatic N) is 1. The Bertz CT molecular complexity index is 477. The molecule has 4 nitrogen and oxygen atoms in total. The van der Waals surface area contributed by atoms with Gasteiger partial charge < -0.3 is 16.0 Å². The first-order chi connectivity index (χ1) is 9.47.